The molecule has 0 spiro atoms. The number of hydrogen-bond acceptors (Lipinski definition) is 5. The molecule has 16 heavy (non-hydrogen) atoms. The van der Waals surface area contributed by atoms with Crippen molar-refractivity contribution in [1.29, 1.82) is 0 Å². The Kier molecular flexibility index (Phi) is 3.90. The molecule has 1 N–H and O–H groups in total. The van der Waals surface area contributed by atoms with E-state index in [0.717, 1.165) is 25.8 Å². The van der Waals surface area contributed by atoms with E-state index >= 15 is 0 Å². The SMILES string of the molecule is COC(=O)[C@H]1CCC[C@@H]1NCc1cncs1. The van der Waals surface area contributed by atoms with Crippen LogP contribution >= 0.6 is 11.3 Å². The van der Waals surface area contributed by atoms with Crippen molar-refractivity contribution in [3.8, 4) is 0 Å². The molecule has 0 unspecified atom stereocenters. The quantitative estimate of drug-likeness (QED) is 0.812. The fourth-order valence-electron chi connectivity index (χ4n) is 2.20. The van der Waals surface area contributed by atoms with Crippen molar-refractivity contribution in [3.63, 3.8) is 0 Å². The van der Waals surface area contributed by atoms with Gasteiger partial charge in [-0.3, -0.25) is 9.78 Å². The molecule has 1 aromatic heterocycles. The van der Waals surface area contributed by atoms with Crippen LogP contribution in [0.25, 0.3) is 0 Å². The molecular weight excluding hydrogens is 224 g/mol. The van der Waals surface area contributed by atoms with Gasteiger partial charge < -0.3 is 10.1 Å². The minimum Gasteiger partial charge on any atom is -0.469 e. The lowest BCUT2D eigenvalue weighted by atomic mass is 10.0. The summed E-state index contributed by atoms with van der Waals surface area (Å²) in [5, 5.41) is 3.42. The zero-order valence-corrected chi connectivity index (χ0v) is 10.1. The summed E-state index contributed by atoms with van der Waals surface area (Å²) in [5.41, 5.74) is 1.82. The lowest BCUT2D eigenvalue weighted by molar-refractivity contribution is -0.145. The molecule has 0 amide bonds. The second-order valence-corrected chi connectivity index (χ2v) is 4.99. The van der Waals surface area contributed by atoms with E-state index in [-0.39, 0.29) is 17.9 Å². The molecule has 1 aromatic rings. The maximum absolute atomic E-state index is 11.5. The van der Waals surface area contributed by atoms with Gasteiger partial charge in [0.25, 0.3) is 0 Å². The smallest absolute Gasteiger partial charge is 0.310 e. The van der Waals surface area contributed by atoms with Crippen LogP contribution in [0.4, 0.5) is 0 Å². The highest BCUT2D eigenvalue weighted by atomic mass is 32.1. The van der Waals surface area contributed by atoms with E-state index < -0.39 is 0 Å². The first-order valence-electron chi connectivity index (χ1n) is 5.50. The number of nitrogens with one attached hydrogen (secondary N) is 1. The third-order valence-electron chi connectivity index (χ3n) is 3.04. The highest BCUT2D eigenvalue weighted by Crippen LogP contribution is 2.27. The third-order valence-corrected chi connectivity index (χ3v) is 3.82. The van der Waals surface area contributed by atoms with Crippen LogP contribution in [-0.2, 0) is 16.1 Å². The van der Waals surface area contributed by atoms with Gasteiger partial charge in [-0.05, 0) is 12.8 Å². The lowest BCUT2D eigenvalue weighted by Crippen LogP contribution is -2.36. The van der Waals surface area contributed by atoms with E-state index in [1.165, 1.54) is 12.0 Å². The molecule has 4 nitrogen and oxygen atoms in total. The number of aromatic nitrogens is 1. The Balaban J connectivity index is 1.86. The molecule has 1 fully saturated rings. The molecule has 1 saturated carbocycles. The van der Waals surface area contributed by atoms with Crippen LogP contribution in [0.1, 0.15) is 24.1 Å². The van der Waals surface area contributed by atoms with Crippen molar-refractivity contribution in [2.24, 2.45) is 5.92 Å². The van der Waals surface area contributed by atoms with Gasteiger partial charge in [-0.2, -0.15) is 0 Å². The van der Waals surface area contributed by atoms with Crippen LogP contribution in [0.2, 0.25) is 0 Å². The number of carbonyl (C=O) groups is 1. The van der Waals surface area contributed by atoms with Crippen LogP contribution in [0.15, 0.2) is 11.7 Å². The summed E-state index contributed by atoms with van der Waals surface area (Å²) in [4.78, 5) is 16.7. The summed E-state index contributed by atoms with van der Waals surface area (Å²) >= 11 is 1.63. The van der Waals surface area contributed by atoms with E-state index in [1.807, 2.05) is 11.7 Å². The lowest BCUT2D eigenvalue weighted by Gasteiger charge is -2.18. The van der Waals surface area contributed by atoms with Crippen LogP contribution in [0.5, 0.6) is 0 Å². The Morgan fingerprint density at radius 2 is 2.56 bits per heavy atom. The maximum atomic E-state index is 11.5. The Morgan fingerprint density at radius 1 is 1.69 bits per heavy atom. The molecular formula is C11H16N2O2S. The zero-order valence-electron chi connectivity index (χ0n) is 9.31. The number of ether oxygens (including phenoxy) is 1. The van der Waals surface area contributed by atoms with Gasteiger partial charge in [0.1, 0.15) is 0 Å². The largest absolute Gasteiger partial charge is 0.469 e. The van der Waals surface area contributed by atoms with Crippen molar-refractivity contribution in [3.05, 3.63) is 16.6 Å². The van der Waals surface area contributed by atoms with Crippen LogP contribution in [0.3, 0.4) is 0 Å². The van der Waals surface area contributed by atoms with E-state index in [9.17, 15) is 4.79 Å². The number of thiazole rings is 1. The number of hydrogen-bond donors (Lipinski definition) is 1. The number of methoxy groups -OCH3 is 1. The molecule has 2 atom stereocenters. The van der Waals surface area contributed by atoms with Crippen molar-refractivity contribution in [2.45, 2.75) is 31.8 Å². The van der Waals surface area contributed by atoms with Gasteiger partial charge in [0.2, 0.25) is 0 Å². The number of nitrogens with zero attached hydrogens (tertiary/aromatic N) is 1. The Hall–Kier alpha value is -0.940. The minimum atomic E-state index is -0.0840. The predicted octanol–water partition coefficient (Wildman–Crippen LogP) is 1.57. The fraction of sp³-hybridized carbons (Fsp3) is 0.636. The second kappa shape index (κ2) is 5.41. The molecule has 0 aliphatic heterocycles. The van der Waals surface area contributed by atoms with Gasteiger partial charge in [-0.25, -0.2) is 0 Å². The normalized spacial score (nSPS) is 24.6. The highest BCUT2D eigenvalue weighted by Gasteiger charge is 2.33. The number of esters is 1. The average molecular weight is 240 g/mol. The molecule has 1 aliphatic carbocycles. The summed E-state index contributed by atoms with van der Waals surface area (Å²) in [6, 6.07) is 0.259. The minimum absolute atomic E-state index is 0.0259. The van der Waals surface area contributed by atoms with E-state index in [2.05, 4.69) is 10.3 Å². The fourth-order valence-corrected chi connectivity index (χ4v) is 2.74. The van der Waals surface area contributed by atoms with Crippen LogP contribution in [-0.4, -0.2) is 24.1 Å². The maximum Gasteiger partial charge on any atom is 0.310 e. The monoisotopic (exact) mass is 240 g/mol. The van der Waals surface area contributed by atoms with Crippen molar-refractivity contribution in [2.75, 3.05) is 7.11 Å². The summed E-state index contributed by atoms with van der Waals surface area (Å²) in [7, 11) is 1.46. The van der Waals surface area contributed by atoms with E-state index in [1.54, 1.807) is 11.3 Å². The zero-order chi connectivity index (χ0) is 11.4. The van der Waals surface area contributed by atoms with E-state index in [4.69, 9.17) is 4.74 Å². The molecule has 0 radical (unpaired) electrons. The third kappa shape index (κ3) is 2.59. The average Bonchev–Trinajstić information content (AvgIpc) is 2.96. The second-order valence-electron chi connectivity index (χ2n) is 4.02. The summed E-state index contributed by atoms with van der Waals surface area (Å²) < 4.78 is 4.81. The number of rotatable bonds is 4. The van der Waals surface area contributed by atoms with E-state index in [0.29, 0.717) is 0 Å². The first kappa shape index (κ1) is 11.5. The predicted molar refractivity (Wildman–Crippen MR) is 62.1 cm³/mol. The molecule has 0 aromatic carbocycles. The highest BCUT2D eigenvalue weighted by molar-refractivity contribution is 7.09. The first-order chi connectivity index (χ1) is 7.81. The Bertz CT molecular complexity index is 340. The van der Waals surface area contributed by atoms with Gasteiger partial charge in [-0.1, -0.05) is 6.42 Å². The Morgan fingerprint density at radius 3 is 3.25 bits per heavy atom. The van der Waals surface area contributed by atoms with Gasteiger partial charge >= 0.3 is 5.97 Å². The van der Waals surface area contributed by atoms with Crippen molar-refractivity contribution in [1.82, 2.24) is 10.3 Å². The van der Waals surface area contributed by atoms with Crippen molar-refractivity contribution >= 4 is 17.3 Å². The van der Waals surface area contributed by atoms with Crippen LogP contribution < -0.4 is 5.32 Å². The summed E-state index contributed by atoms with van der Waals surface area (Å²) in [6.45, 7) is 0.794. The molecule has 0 bridgehead atoms. The van der Waals surface area contributed by atoms with Gasteiger partial charge in [0, 0.05) is 23.7 Å². The topological polar surface area (TPSA) is 51.2 Å². The summed E-state index contributed by atoms with van der Waals surface area (Å²) in [5.74, 6) is -0.0581. The van der Waals surface area contributed by atoms with Crippen molar-refractivity contribution < 1.29 is 9.53 Å². The molecule has 1 aliphatic rings. The van der Waals surface area contributed by atoms with Gasteiger partial charge in [0.15, 0.2) is 0 Å². The first-order valence-corrected chi connectivity index (χ1v) is 6.38. The molecule has 5 heteroatoms. The standard InChI is InChI=1S/C11H16N2O2S/c1-15-11(14)9-3-2-4-10(9)13-6-8-5-12-7-16-8/h5,7,9-10,13H,2-4,6H2,1H3/t9-,10-/m0/s1. The molecule has 2 rings (SSSR count). The number of carbonyl (C=O) groups excluding carboxylic acids is 1. The molecule has 1 heterocycles. The van der Waals surface area contributed by atoms with Crippen LogP contribution in [0, 0.1) is 5.92 Å². The van der Waals surface area contributed by atoms with Gasteiger partial charge in [0.05, 0.1) is 18.5 Å². The van der Waals surface area contributed by atoms with Gasteiger partial charge in [-0.15, -0.1) is 11.3 Å². The molecule has 0 saturated heterocycles. The summed E-state index contributed by atoms with van der Waals surface area (Å²) in [6.07, 6.45) is 4.95. The molecule has 88 valence electrons. The Labute approximate surface area is 99.0 Å².